The van der Waals surface area contributed by atoms with Gasteiger partial charge in [-0.3, -0.25) is 9.79 Å². The zero-order valence-corrected chi connectivity index (χ0v) is 18.1. The summed E-state index contributed by atoms with van der Waals surface area (Å²) in [5.41, 5.74) is 2.43. The van der Waals surface area contributed by atoms with E-state index in [2.05, 4.69) is 45.6 Å². The topological polar surface area (TPSA) is 60.0 Å². The first-order chi connectivity index (χ1) is 14.2. The molecule has 0 aromatic heterocycles. The summed E-state index contributed by atoms with van der Waals surface area (Å²) >= 11 is 0. The van der Waals surface area contributed by atoms with Crippen LogP contribution in [0, 0.1) is 5.92 Å². The third kappa shape index (κ3) is 6.74. The molecular weight excluding hydrogens is 362 g/mol. The molecule has 2 aliphatic rings. The second-order valence-electron chi connectivity index (χ2n) is 8.42. The zero-order chi connectivity index (χ0) is 20.5. The quantitative estimate of drug-likeness (QED) is 0.401. The maximum atomic E-state index is 12.0. The Balaban J connectivity index is 1.40. The van der Waals surface area contributed by atoms with Gasteiger partial charge >= 0.3 is 0 Å². The molecular formula is C23H37N5O. The Hall–Kier alpha value is -2.08. The number of nitrogens with one attached hydrogen (secondary N) is 2. The fourth-order valence-corrected chi connectivity index (χ4v) is 4.16. The van der Waals surface area contributed by atoms with Gasteiger partial charge in [0.15, 0.2) is 5.96 Å². The molecule has 1 aromatic carbocycles. The van der Waals surface area contributed by atoms with E-state index in [0.717, 1.165) is 44.4 Å². The van der Waals surface area contributed by atoms with Crippen LogP contribution in [0.4, 0.5) is 0 Å². The van der Waals surface area contributed by atoms with Crippen molar-refractivity contribution in [2.75, 3.05) is 39.8 Å². The number of carbonyl (C=O) groups excluding carboxylic acids is 1. The van der Waals surface area contributed by atoms with Gasteiger partial charge in [-0.15, -0.1) is 0 Å². The van der Waals surface area contributed by atoms with Gasteiger partial charge in [-0.25, -0.2) is 0 Å². The number of amides is 1. The van der Waals surface area contributed by atoms with Crippen LogP contribution in [0.1, 0.15) is 50.2 Å². The van der Waals surface area contributed by atoms with Gasteiger partial charge in [0, 0.05) is 39.6 Å². The molecule has 2 saturated heterocycles. The van der Waals surface area contributed by atoms with Gasteiger partial charge in [0.25, 0.3) is 0 Å². The molecule has 2 aliphatic heterocycles. The molecule has 2 N–H and O–H groups in total. The van der Waals surface area contributed by atoms with Crippen LogP contribution in [0.2, 0.25) is 0 Å². The average Bonchev–Trinajstić information content (AvgIpc) is 3.14. The molecule has 2 heterocycles. The Morgan fingerprint density at radius 3 is 2.59 bits per heavy atom. The van der Waals surface area contributed by atoms with Crippen molar-refractivity contribution in [3.05, 3.63) is 35.4 Å². The third-order valence-corrected chi connectivity index (χ3v) is 6.14. The van der Waals surface area contributed by atoms with E-state index in [1.165, 1.54) is 37.1 Å². The van der Waals surface area contributed by atoms with Crippen molar-refractivity contribution in [3.8, 4) is 0 Å². The van der Waals surface area contributed by atoms with Crippen LogP contribution in [0.15, 0.2) is 29.3 Å². The molecule has 6 nitrogen and oxygen atoms in total. The highest BCUT2D eigenvalue weighted by molar-refractivity contribution is 5.79. The predicted molar refractivity (Wildman–Crippen MR) is 119 cm³/mol. The highest BCUT2D eigenvalue weighted by Crippen LogP contribution is 2.17. The lowest BCUT2D eigenvalue weighted by Gasteiger charge is -2.30. The van der Waals surface area contributed by atoms with Crippen molar-refractivity contribution in [3.63, 3.8) is 0 Å². The zero-order valence-electron chi connectivity index (χ0n) is 18.1. The largest absolute Gasteiger partial charge is 0.356 e. The van der Waals surface area contributed by atoms with Crippen molar-refractivity contribution in [1.29, 1.82) is 0 Å². The monoisotopic (exact) mass is 399 g/mol. The summed E-state index contributed by atoms with van der Waals surface area (Å²) in [7, 11) is 1.82. The Morgan fingerprint density at radius 1 is 1.14 bits per heavy atom. The van der Waals surface area contributed by atoms with E-state index < -0.39 is 0 Å². The minimum Gasteiger partial charge on any atom is -0.356 e. The molecule has 29 heavy (non-hydrogen) atoms. The van der Waals surface area contributed by atoms with Gasteiger partial charge < -0.3 is 20.4 Å². The van der Waals surface area contributed by atoms with Crippen LogP contribution in [-0.4, -0.2) is 61.4 Å². The number of hydrogen-bond acceptors (Lipinski definition) is 3. The summed E-state index contributed by atoms with van der Waals surface area (Å²) in [6.07, 6.45) is 5.46. The second-order valence-corrected chi connectivity index (χ2v) is 8.42. The lowest BCUT2D eigenvalue weighted by Crippen LogP contribution is -2.39. The highest BCUT2D eigenvalue weighted by atomic mass is 16.2. The van der Waals surface area contributed by atoms with Crippen molar-refractivity contribution in [1.82, 2.24) is 20.4 Å². The normalized spacial score (nSPS) is 19.0. The van der Waals surface area contributed by atoms with Gasteiger partial charge in [-0.1, -0.05) is 31.2 Å². The molecule has 1 amide bonds. The minimum absolute atomic E-state index is 0.272. The third-order valence-electron chi connectivity index (χ3n) is 6.14. The molecule has 0 radical (unpaired) electrons. The maximum absolute atomic E-state index is 12.0. The molecule has 0 atom stereocenters. The molecule has 1 aromatic rings. The SMILES string of the molecule is CN=C(NCCCN1CCC(C)CC1)NCc1ccccc1CN1CCCC1=O. The first-order valence-corrected chi connectivity index (χ1v) is 11.2. The van der Waals surface area contributed by atoms with E-state index in [1.54, 1.807) is 0 Å². The summed E-state index contributed by atoms with van der Waals surface area (Å²) in [5.74, 6) is 2.00. The molecule has 0 saturated carbocycles. The maximum Gasteiger partial charge on any atom is 0.222 e. The van der Waals surface area contributed by atoms with Crippen LogP contribution in [0.25, 0.3) is 0 Å². The summed E-state index contributed by atoms with van der Waals surface area (Å²) in [5, 5.41) is 6.86. The van der Waals surface area contributed by atoms with E-state index in [9.17, 15) is 4.79 Å². The fourth-order valence-electron chi connectivity index (χ4n) is 4.16. The van der Waals surface area contributed by atoms with Crippen LogP contribution >= 0.6 is 0 Å². The highest BCUT2D eigenvalue weighted by Gasteiger charge is 2.21. The number of piperidine rings is 1. The van der Waals surface area contributed by atoms with Crippen molar-refractivity contribution in [2.45, 2.75) is 52.1 Å². The van der Waals surface area contributed by atoms with Gasteiger partial charge in [0.05, 0.1) is 0 Å². The molecule has 2 fully saturated rings. The molecule has 3 rings (SSSR count). The Bertz CT molecular complexity index is 682. The van der Waals surface area contributed by atoms with E-state index in [0.29, 0.717) is 19.5 Å². The van der Waals surface area contributed by atoms with Crippen LogP contribution in [0.5, 0.6) is 0 Å². The Labute approximate surface area is 175 Å². The lowest BCUT2D eigenvalue weighted by atomic mass is 9.99. The Kier molecular flexibility index (Phi) is 8.35. The van der Waals surface area contributed by atoms with Gasteiger partial charge in [-0.2, -0.15) is 0 Å². The fraction of sp³-hybridized carbons (Fsp3) is 0.652. The molecule has 160 valence electrons. The molecule has 0 aliphatic carbocycles. The molecule has 6 heteroatoms. The van der Waals surface area contributed by atoms with E-state index in [4.69, 9.17) is 0 Å². The summed E-state index contributed by atoms with van der Waals surface area (Å²) in [6.45, 7) is 9.21. The first kappa shape index (κ1) is 21.6. The minimum atomic E-state index is 0.272. The number of carbonyl (C=O) groups is 1. The number of rotatable bonds is 8. The predicted octanol–water partition coefficient (Wildman–Crippen LogP) is 2.60. The summed E-state index contributed by atoms with van der Waals surface area (Å²) in [6, 6.07) is 8.36. The van der Waals surface area contributed by atoms with E-state index >= 15 is 0 Å². The number of aliphatic imine (C=N–C) groups is 1. The Morgan fingerprint density at radius 2 is 1.90 bits per heavy atom. The average molecular weight is 400 g/mol. The van der Waals surface area contributed by atoms with Gasteiger partial charge in [0.2, 0.25) is 5.91 Å². The van der Waals surface area contributed by atoms with Crippen molar-refractivity contribution >= 4 is 11.9 Å². The van der Waals surface area contributed by atoms with Gasteiger partial charge in [-0.05, 0) is 62.4 Å². The van der Waals surface area contributed by atoms with E-state index in [1.807, 2.05) is 18.0 Å². The smallest absolute Gasteiger partial charge is 0.222 e. The number of hydrogen-bond donors (Lipinski definition) is 2. The van der Waals surface area contributed by atoms with Crippen LogP contribution < -0.4 is 10.6 Å². The van der Waals surface area contributed by atoms with Crippen LogP contribution in [0.3, 0.4) is 0 Å². The second kappa shape index (κ2) is 11.2. The number of likely N-dealkylation sites (tertiary alicyclic amines) is 2. The van der Waals surface area contributed by atoms with Crippen molar-refractivity contribution in [2.24, 2.45) is 10.9 Å². The number of guanidine groups is 1. The molecule has 0 bridgehead atoms. The van der Waals surface area contributed by atoms with E-state index in [-0.39, 0.29) is 5.91 Å². The van der Waals surface area contributed by atoms with Crippen LogP contribution in [-0.2, 0) is 17.9 Å². The lowest BCUT2D eigenvalue weighted by molar-refractivity contribution is -0.128. The first-order valence-electron chi connectivity index (χ1n) is 11.2. The standard InChI is InChI=1S/C23H37N5O/c1-19-10-15-27(16-11-19)13-6-12-25-23(24-2)26-17-20-7-3-4-8-21(20)18-28-14-5-9-22(28)29/h3-4,7-8,19H,5-6,9-18H2,1-2H3,(H2,24,25,26). The van der Waals surface area contributed by atoms with Crippen molar-refractivity contribution < 1.29 is 4.79 Å². The van der Waals surface area contributed by atoms with Gasteiger partial charge in [0.1, 0.15) is 0 Å². The summed E-state index contributed by atoms with van der Waals surface area (Å²) in [4.78, 5) is 20.9. The molecule has 0 unspecified atom stereocenters. The number of benzene rings is 1. The molecule has 0 spiro atoms. The summed E-state index contributed by atoms with van der Waals surface area (Å²) < 4.78 is 0. The number of nitrogens with zero attached hydrogens (tertiary/aromatic N) is 3.